The van der Waals surface area contributed by atoms with Gasteiger partial charge in [-0.1, -0.05) is 0 Å². The van der Waals surface area contributed by atoms with E-state index in [1.165, 1.54) is 6.07 Å². The van der Waals surface area contributed by atoms with E-state index in [1.807, 2.05) is 0 Å². The number of piperazine rings is 1. The number of methoxy groups -OCH3 is 1. The van der Waals surface area contributed by atoms with Gasteiger partial charge in [-0.15, -0.1) is 0 Å². The molecule has 1 unspecified atom stereocenters. The van der Waals surface area contributed by atoms with Crippen LogP contribution in [0.4, 0.5) is 4.39 Å². The lowest BCUT2D eigenvalue weighted by Crippen LogP contribution is -2.55. The van der Waals surface area contributed by atoms with Crippen LogP contribution in [0.3, 0.4) is 0 Å². The summed E-state index contributed by atoms with van der Waals surface area (Å²) >= 11 is 0. The highest BCUT2D eigenvalue weighted by Crippen LogP contribution is 2.21. The second-order valence-corrected chi connectivity index (χ2v) is 6.19. The van der Waals surface area contributed by atoms with Gasteiger partial charge < -0.3 is 9.84 Å². The number of aliphatic hydroxyl groups is 1. The number of ether oxygens (including phenoxy) is 1. The minimum Gasteiger partial charge on any atom is -0.497 e. The molecule has 0 saturated carbocycles. The molecule has 0 radical (unpaired) electrons. The number of halogens is 1. The standard InChI is InChI=1S/C17H27FN2O2/c1-13(2)20-8-7-19(12-15(20)6-9-21)11-14-10-16(22-3)4-5-17(14)18/h4-5,10,13,15,21H,6-9,11-12H2,1-3H3. The predicted octanol–water partition coefficient (Wildman–Crippen LogP) is 2.11. The highest BCUT2D eigenvalue weighted by molar-refractivity contribution is 5.29. The molecule has 1 aromatic rings. The van der Waals surface area contributed by atoms with Crippen molar-refractivity contribution in [3.63, 3.8) is 0 Å². The highest BCUT2D eigenvalue weighted by Gasteiger charge is 2.28. The van der Waals surface area contributed by atoms with E-state index in [9.17, 15) is 9.50 Å². The van der Waals surface area contributed by atoms with Crippen molar-refractivity contribution >= 4 is 0 Å². The lowest BCUT2D eigenvalue weighted by atomic mass is 10.1. The monoisotopic (exact) mass is 310 g/mol. The summed E-state index contributed by atoms with van der Waals surface area (Å²) in [5, 5.41) is 9.28. The van der Waals surface area contributed by atoms with Gasteiger partial charge in [0.25, 0.3) is 0 Å². The van der Waals surface area contributed by atoms with Crippen LogP contribution < -0.4 is 4.74 Å². The molecular formula is C17H27FN2O2. The molecule has 0 aromatic heterocycles. The number of aliphatic hydroxyl groups excluding tert-OH is 1. The summed E-state index contributed by atoms with van der Waals surface area (Å²) in [6.45, 7) is 7.86. The fourth-order valence-corrected chi connectivity index (χ4v) is 3.20. The van der Waals surface area contributed by atoms with E-state index in [2.05, 4.69) is 23.6 Å². The molecule has 1 aromatic carbocycles. The van der Waals surface area contributed by atoms with E-state index in [0.29, 0.717) is 29.9 Å². The van der Waals surface area contributed by atoms with Gasteiger partial charge in [-0.05, 0) is 38.5 Å². The average Bonchev–Trinajstić information content (AvgIpc) is 2.50. The molecule has 22 heavy (non-hydrogen) atoms. The summed E-state index contributed by atoms with van der Waals surface area (Å²) < 4.78 is 19.2. The van der Waals surface area contributed by atoms with Crippen LogP contribution in [0.2, 0.25) is 0 Å². The fourth-order valence-electron chi connectivity index (χ4n) is 3.20. The topological polar surface area (TPSA) is 35.9 Å². The molecule has 1 aliphatic heterocycles. The Hall–Kier alpha value is -1.17. The first-order valence-electron chi connectivity index (χ1n) is 7.96. The maximum absolute atomic E-state index is 14.0. The predicted molar refractivity (Wildman–Crippen MR) is 85.6 cm³/mol. The van der Waals surface area contributed by atoms with Crippen LogP contribution in [0.1, 0.15) is 25.8 Å². The number of hydrogen-bond donors (Lipinski definition) is 1. The molecule has 0 spiro atoms. The van der Waals surface area contributed by atoms with Gasteiger partial charge in [-0.3, -0.25) is 9.80 Å². The van der Waals surface area contributed by atoms with Crippen molar-refractivity contribution in [2.45, 2.75) is 38.9 Å². The molecule has 1 atom stereocenters. The summed E-state index contributed by atoms with van der Waals surface area (Å²) in [5.74, 6) is 0.495. The third kappa shape index (κ3) is 4.18. The molecule has 124 valence electrons. The Balaban J connectivity index is 2.05. The van der Waals surface area contributed by atoms with Crippen molar-refractivity contribution in [3.05, 3.63) is 29.6 Å². The molecule has 1 aliphatic rings. The van der Waals surface area contributed by atoms with E-state index in [1.54, 1.807) is 19.2 Å². The quantitative estimate of drug-likeness (QED) is 0.873. The molecule has 0 bridgehead atoms. The lowest BCUT2D eigenvalue weighted by Gasteiger charge is -2.43. The Bertz CT molecular complexity index is 482. The largest absolute Gasteiger partial charge is 0.497 e. The first-order valence-corrected chi connectivity index (χ1v) is 7.96. The molecule has 2 rings (SSSR count). The third-order valence-electron chi connectivity index (χ3n) is 4.38. The molecule has 0 aliphatic carbocycles. The number of benzene rings is 1. The third-order valence-corrected chi connectivity index (χ3v) is 4.38. The number of nitrogens with zero attached hydrogens (tertiary/aromatic N) is 2. The maximum Gasteiger partial charge on any atom is 0.127 e. The summed E-state index contributed by atoms with van der Waals surface area (Å²) in [4.78, 5) is 4.69. The highest BCUT2D eigenvalue weighted by atomic mass is 19.1. The Morgan fingerprint density at radius 2 is 2.14 bits per heavy atom. The van der Waals surface area contributed by atoms with E-state index in [0.717, 1.165) is 26.1 Å². The van der Waals surface area contributed by atoms with Gasteiger partial charge in [0.15, 0.2) is 0 Å². The molecule has 1 heterocycles. The average molecular weight is 310 g/mol. The van der Waals surface area contributed by atoms with Crippen LogP contribution in [0.25, 0.3) is 0 Å². The summed E-state index contributed by atoms with van der Waals surface area (Å²) in [6.07, 6.45) is 0.759. The zero-order valence-corrected chi connectivity index (χ0v) is 13.8. The number of hydrogen-bond acceptors (Lipinski definition) is 4. The Labute approximate surface area is 132 Å². The van der Waals surface area contributed by atoms with E-state index < -0.39 is 0 Å². The fraction of sp³-hybridized carbons (Fsp3) is 0.647. The second-order valence-electron chi connectivity index (χ2n) is 6.19. The van der Waals surface area contributed by atoms with Crippen LogP contribution in [-0.4, -0.2) is 60.3 Å². The Morgan fingerprint density at radius 1 is 1.36 bits per heavy atom. The summed E-state index contributed by atoms with van der Waals surface area (Å²) in [5.41, 5.74) is 0.667. The maximum atomic E-state index is 14.0. The van der Waals surface area contributed by atoms with Crippen LogP contribution in [0.5, 0.6) is 5.75 Å². The SMILES string of the molecule is COc1ccc(F)c(CN2CCN(C(C)C)C(CCO)C2)c1. The Kier molecular flexibility index (Phi) is 6.17. The van der Waals surface area contributed by atoms with Gasteiger partial charge in [-0.25, -0.2) is 4.39 Å². The lowest BCUT2D eigenvalue weighted by molar-refractivity contribution is 0.0345. The van der Waals surface area contributed by atoms with E-state index >= 15 is 0 Å². The molecule has 1 saturated heterocycles. The van der Waals surface area contributed by atoms with Gasteiger partial charge in [0, 0.05) is 50.4 Å². The first-order chi connectivity index (χ1) is 10.5. The smallest absolute Gasteiger partial charge is 0.127 e. The van der Waals surface area contributed by atoms with Crippen molar-refractivity contribution in [1.82, 2.24) is 9.80 Å². The molecule has 1 N–H and O–H groups in total. The van der Waals surface area contributed by atoms with E-state index in [4.69, 9.17) is 4.74 Å². The van der Waals surface area contributed by atoms with Crippen LogP contribution in [0, 0.1) is 5.82 Å². The molecule has 4 nitrogen and oxygen atoms in total. The van der Waals surface area contributed by atoms with Crippen molar-refractivity contribution in [2.24, 2.45) is 0 Å². The number of rotatable bonds is 6. The van der Waals surface area contributed by atoms with Crippen LogP contribution in [-0.2, 0) is 6.54 Å². The molecule has 5 heteroatoms. The van der Waals surface area contributed by atoms with Crippen molar-refractivity contribution in [2.75, 3.05) is 33.4 Å². The van der Waals surface area contributed by atoms with Gasteiger partial charge in [0.1, 0.15) is 11.6 Å². The van der Waals surface area contributed by atoms with Crippen molar-refractivity contribution in [3.8, 4) is 5.75 Å². The van der Waals surface area contributed by atoms with Crippen molar-refractivity contribution in [1.29, 1.82) is 0 Å². The Morgan fingerprint density at radius 3 is 2.77 bits per heavy atom. The van der Waals surface area contributed by atoms with Crippen LogP contribution >= 0.6 is 0 Å². The summed E-state index contributed by atoms with van der Waals surface area (Å²) in [6, 6.07) is 5.67. The van der Waals surface area contributed by atoms with Gasteiger partial charge in [0.05, 0.1) is 7.11 Å². The molecule has 0 amide bonds. The van der Waals surface area contributed by atoms with Gasteiger partial charge in [-0.2, -0.15) is 0 Å². The minimum atomic E-state index is -0.189. The second kappa shape index (κ2) is 7.90. The van der Waals surface area contributed by atoms with Crippen molar-refractivity contribution < 1.29 is 14.2 Å². The van der Waals surface area contributed by atoms with Gasteiger partial charge >= 0.3 is 0 Å². The van der Waals surface area contributed by atoms with Gasteiger partial charge in [0.2, 0.25) is 0 Å². The molecular weight excluding hydrogens is 283 g/mol. The zero-order chi connectivity index (χ0) is 16.1. The molecule has 1 fully saturated rings. The minimum absolute atomic E-state index is 0.189. The normalized spacial score (nSPS) is 20.5. The first kappa shape index (κ1) is 17.2. The van der Waals surface area contributed by atoms with E-state index in [-0.39, 0.29) is 12.4 Å². The zero-order valence-electron chi connectivity index (χ0n) is 13.8. The van der Waals surface area contributed by atoms with Crippen LogP contribution in [0.15, 0.2) is 18.2 Å². The summed E-state index contributed by atoms with van der Waals surface area (Å²) in [7, 11) is 1.59.